The Morgan fingerprint density at radius 3 is 2.48 bits per heavy atom. The molecular weight excluding hydrogens is 542 g/mol. The van der Waals surface area contributed by atoms with Gasteiger partial charge >= 0.3 is 12.1 Å². The van der Waals surface area contributed by atoms with Crippen molar-refractivity contribution in [2.24, 2.45) is 0 Å². The number of halogens is 2. The molecule has 1 aliphatic carbocycles. The number of carboxylic acid groups (broad SMARTS) is 1. The number of fused-ring (bicyclic) bond motifs is 5. The van der Waals surface area contributed by atoms with E-state index >= 15 is 0 Å². The molecule has 4 fully saturated rings. The lowest BCUT2D eigenvalue weighted by Crippen LogP contribution is -2.56. The fourth-order valence-corrected chi connectivity index (χ4v) is 8.86. The summed E-state index contributed by atoms with van der Waals surface area (Å²) >= 11 is 0. The van der Waals surface area contributed by atoms with Crippen LogP contribution in [0.15, 0.2) is 18.2 Å². The van der Waals surface area contributed by atoms with Gasteiger partial charge in [-0.3, -0.25) is 9.80 Å². The smallest absolute Gasteiger partial charge is 0.407 e. The van der Waals surface area contributed by atoms with Crippen LogP contribution in [-0.2, 0) is 25.3 Å². The summed E-state index contributed by atoms with van der Waals surface area (Å²) in [6.07, 6.45) is 6.43. The highest BCUT2D eigenvalue weighted by atomic mass is 19.3. The number of carbonyl (C=O) groups is 1. The monoisotopic (exact) mass is 580 g/mol. The van der Waals surface area contributed by atoms with Crippen LogP contribution in [0.3, 0.4) is 0 Å². The van der Waals surface area contributed by atoms with E-state index in [-0.39, 0.29) is 29.6 Å². The molecule has 4 saturated heterocycles. The number of hydrogen-bond donors (Lipinski definition) is 1. The molecule has 224 valence electrons. The summed E-state index contributed by atoms with van der Waals surface area (Å²) in [7, 11) is 0. The van der Waals surface area contributed by atoms with E-state index in [2.05, 4.69) is 14.7 Å². The molecule has 0 radical (unpaired) electrons. The molecule has 11 heteroatoms. The zero-order valence-electron chi connectivity index (χ0n) is 23.9. The van der Waals surface area contributed by atoms with E-state index < -0.39 is 12.0 Å². The summed E-state index contributed by atoms with van der Waals surface area (Å²) in [5.41, 5.74) is 3.79. The van der Waals surface area contributed by atoms with Crippen LogP contribution in [0.2, 0.25) is 0 Å². The third-order valence-corrected chi connectivity index (χ3v) is 10.9. The Hall–Kier alpha value is -3.21. The second kappa shape index (κ2) is 9.65. The summed E-state index contributed by atoms with van der Waals surface area (Å²) in [6, 6.07) is 5.55. The van der Waals surface area contributed by atoms with E-state index in [4.69, 9.17) is 14.7 Å². The molecule has 0 spiro atoms. The van der Waals surface area contributed by atoms with Crippen molar-refractivity contribution < 1.29 is 23.4 Å². The standard InChI is InChI=1S/C31H38F2N6O3/c32-31(33)12-8-22-24(31)4-1-5-26(22)36-15-9-23-25(18-36)34-28(42-19-30-10-2-13-38(30)14-3-11-30)35-27(23)37-16-20-6-7-21(17-37)39(20)29(40)41/h1,4-5,20-21H,2-3,6-19H2,(H,40,41)/t20-,21+. The van der Waals surface area contributed by atoms with Crippen molar-refractivity contribution in [1.29, 1.82) is 0 Å². The van der Waals surface area contributed by atoms with Gasteiger partial charge in [-0.1, -0.05) is 12.1 Å². The lowest BCUT2D eigenvalue weighted by molar-refractivity contribution is -0.00184. The van der Waals surface area contributed by atoms with Crippen LogP contribution in [0.4, 0.5) is 25.1 Å². The first-order valence-corrected chi connectivity index (χ1v) is 15.6. The largest absolute Gasteiger partial charge is 0.465 e. The maximum atomic E-state index is 14.6. The zero-order chi connectivity index (χ0) is 28.6. The van der Waals surface area contributed by atoms with E-state index in [1.165, 1.54) is 12.8 Å². The average Bonchev–Trinajstić information content (AvgIpc) is 3.71. The Labute approximate surface area is 244 Å². The molecule has 0 unspecified atom stereocenters. The Morgan fingerprint density at radius 2 is 1.74 bits per heavy atom. The first-order chi connectivity index (χ1) is 20.3. The first-order valence-electron chi connectivity index (χ1n) is 15.6. The van der Waals surface area contributed by atoms with Gasteiger partial charge in [-0.15, -0.1) is 0 Å². The number of alkyl halides is 2. The summed E-state index contributed by atoms with van der Waals surface area (Å²) in [6.45, 7) is 5.20. The molecule has 9 nitrogen and oxygen atoms in total. The van der Waals surface area contributed by atoms with Crippen molar-refractivity contribution in [3.05, 3.63) is 40.6 Å². The van der Waals surface area contributed by atoms with Crippen molar-refractivity contribution >= 4 is 17.6 Å². The van der Waals surface area contributed by atoms with Gasteiger partial charge in [0.05, 0.1) is 29.9 Å². The molecule has 1 N–H and O–H groups in total. The van der Waals surface area contributed by atoms with Crippen molar-refractivity contribution in [2.45, 2.75) is 87.9 Å². The zero-order valence-corrected chi connectivity index (χ0v) is 23.9. The molecule has 6 heterocycles. The van der Waals surface area contributed by atoms with Gasteiger partial charge in [-0.2, -0.15) is 9.97 Å². The second-order valence-corrected chi connectivity index (χ2v) is 13.1. The third kappa shape index (κ3) is 4.13. The Kier molecular flexibility index (Phi) is 6.07. The molecule has 1 aromatic carbocycles. The molecule has 0 saturated carbocycles. The van der Waals surface area contributed by atoms with E-state index in [1.807, 2.05) is 6.07 Å². The minimum atomic E-state index is -2.78. The lowest BCUT2D eigenvalue weighted by Gasteiger charge is -2.41. The fraction of sp³-hybridized carbons (Fsp3) is 0.645. The van der Waals surface area contributed by atoms with Gasteiger partial charge in [-0.05, 0) is 76.1 Å². The van der Waals surface area contributed by atoms with Crippen molar-refractivity contribution in [3.63, 3.8) is 0 Å². The van der Waals surface area contributed by atoms with Gasteiger partial charge in [0.1, 0.15) is 12.4 Å². The van der Waals surface area contributed by atoms with Crippen molar-refractivity contribution in [3.8, 4) is 6.01 Å². The van der Waals surface area contributed by atoms with Crippen LogP contribution >= 0.6 is 0 Å². The quantitative estimate of drug-likeness (QED) is 0.557. The van der Waals surface area contributed by atoms with Crippen LogP contribution in [0.1, 0.15) is 67.3 Å². The summed E-state index contributed by atoms with van der Waals surface area (Å²) in [4.78, 5) is 30.5. The molecule has 1 amide bonds. The Balaban J connectivity index is 1.12. The summed E-state index contributed by atoms with van der Waals surface area (Å²) in [5.74, 6) is -1.92. The molecule has 2 atom stereocenters. The molecule has 6 aliphatic rings. The molecule has 1 aromatic heterocycles. The van der Waals surface area contributed by atoms with Crippen LogP contribution in [0.25, 0.3) is 0 Å². The Morgan fingerprint density at radius 1 is 0.976 bits per heavy atom. The van der Waals surface area contributed by atoms with E-state index in [1.54, 1.807) is 17.0 Å². The number of ether oxygens (including phenoxy) is 1. The minimum Gasteiger partial charge on any atom is -0.465 e. The third-order valence-electron chi connectivity index (χ3n) is 10.9. The average molecular weight is 581 g/mol. The van der Waals surface area contributed by atoms with E-state index in [0.29, 0.717) is 51.6 Å². The molecule has 2 bridgehead atoms. The molecule has 2 aromatic rings. The highest BCUT2D eigenvalue weighted by Crippen LogP contribution is 2.46. The van der Waals surface area contributed by atoms with Gasteiger partial charge in [-0.25, -0.2) is 13.6 Å². The highest BCUT2D eigenvalue weighted by Gasteiger charge is 2.46. The van der Waals surface area contributed by atoms with Crippen LogP contribution < -0.4 is 14.5 Å². The molecule has 8 rings (SSSR count). The van der Waals surface area contributed by atoms with E-state index in [0.717, 1.165) is 67.1 Å². The van der Waals surface area contributed by atoms with Gasteiger partial charge in [0.25, 0.3) is 5.92 Å². The van der Waals surface area contributed by atoms with Crippen LogP contribution in [-0.4, -0.2) is 87.9 Å². The number of aromatic nitrogens is 2. The molecule has 42 heavy (non-hydrogen) atoms. The number of amides is 1. The molecular formula is C31H38F2N6O3. The minimum absolute atomic E-state index is 0.0469. The number of hydrogen-bond acceptors (Lipinski definition) is 7. The SMILES string of the molecule is O=C(O)N1[C@@H]2CC[C@H]1CN(c1nc(OCC34CCCN3CCC4)nc3c1CCN(c1cccc4c1CCC4(F)F)C3)C2. The van der Waals surface area contributed by atoms with Crippen molar-refractivity contribution in [1.82, 2.24) is 19.8 Å². The van der Waals surface area contributed by atoms with Crippen LogP contribution in [0, 0.1) is 0 Å². The molecule has 5 aliphatic heterocycles. The first kappa shape index (κ1) is 26.4. The predicted molar refractivity (Wildman–Crippen MR) is 153 cm³/mol. The maximum Gasteiger partial charge on any atom is 0.407 e. The van der Waals surface area contributed by atoms with Gasteiger partial charge < -0.3 is 19.6 Å². The second-order valence-electron chi connectivity index (χ2n) is 13.1. The number of anilines is 2. The predicted octanol–water partition coefficient (Wildman–Crippen LogP) is 4.42. The Bertz CT molecular complexity index is 1400. The highest BCUT2D eigenvalue weighted by molar-refractivity contribution is 5.68. The number of rotatable bonds is 5. The number of piperazine rings is 1. The maximum absolute atomic E-state index is 14.6. The van der Waals surface area contributed by atoms with Crippen LogP contribution in [0.5, 0.6) is 6.01 Å². The topological polar surface area (TPSA) is 85.3 Å². The lowest BCUT2D eigenvalue weighted by atomic mass is 9.95. The normalized spacial score (nSPS) is 27.2. The van der Waals surface area contributed by atoms with Gasteiger partial charge in [0, 0.05) is 42.9 Å². The summed E-state index contributed by atoms with van der Waals surface area (Å²) < 4.78 is 35.6. The van der Waals surface area contributed by atoms with E-state index in [9.17, 15) is 18.7 Å². The number of nitrogens with zero attached hydrogens (tertiary/aromatic N) is 6. The van der Waals surface area contributed by atoms with Gasteiger partial charge in [0.2, 0.25) is 0 Å². The van der Waals surface area contributed by atoms with Crippen molar-refractivity contribution in [2.75, 3.05) is 49.1 Å². The summed E-state index contributed by atoms with van der Waals surface area (Å²) in [5, 5.41) is 9.80. The fourth-order valence-electron chi connectivity index (χ4n) is 8.86. The van der Waals surface area contributed by atoms with Gasteiger partial charge in [0.15, 0.2) is 0 Å². The number of benzene rings is 1.